The van der Waals surface area contributed by atoms with Gasteiger partial charge in [-0.2, -0.15) is 0 Å². The van der Waals surface area contributed by atoms with E-state index in [1.54, 1.807) is 0 Å². The molecule has 133 valence electrons. The van der Waals surface area contributed by atoms with Crippen LogP contribution in [0.25, 0.3) is 0 Å². The summed E-state index contributed by atoms with van der Waals surface area (Å²) in [6.45, 7) is 16.4. The van der Waals surface area contributed by atoms with Crippen molar-refractivity contribution < 1.29 is 42.2 Å². The van der Waals surface area contributed by atoms with E-state index in [1.165, 1.54) is 31.3 Å². The van der Waals surface area contributed by atoms with E-state index in [9.17, 15) is 0 Å². The van der Waals surface area contributed by atoms with E-state index >= 15 is 0 Å². The van der Waals surface area contributed by atoms with Gasteiger partial charge in [0.2, 0.25) is 6.29 Å². The van der Waals surface area contributed by atoms with Crippen LogP contribution in [0.15, 0.2) is 5.57 Å². The second-order valence-corrected chi connectivity index (χ2v) is 7.42. The van der Waals surface area contributed by atoms with Crippen LogP contribution in [0.1, 0.15) is 66.2 Å². The monoisotopic (exact) mass is 406 g/mol. The number of hydrogen-bond donors (Lipinski definition) is 0. The maximum atomic E-state index is 6.33. The van der Waals surface area contributed by atoms with E-state index in [4.69, 9.17) is 16.1 Å². The molecule has 3 heteroatoms. The summed E-state index contributed by atoms with van der Waals surface area (Å²) in [5, 5.41) is 0. The Labute approximate surface area is 174 Å². The van der Waals surface area contributed by atoms with Crippen molar-refractivity contribution in [2.75, 3.05) is 13.2 Å². The van der Waals surface area contributed by atoms with Crippen molar-refractivity contribution in [1.82, 2.24) is 0 Å². The molecular formula is C21H33O2Y-. The Bertz CT molecular complexity index is 458. The zero-order valence-electron chi connectivity index (χ0n) is 15.9. The number of hydrogen-bond acceptors (Lipinski definition) is 2. The number of rotatable bonds is 6. The Hall–Kier alpha value is 0.324. The van der Waals surface area contributed by atoms with Gasteiger partial charge in [-0.3, -0.25) is 5.57 Å². The fraction of sp³-hybridized carbons (Fsp3) is 0.810. The van der Waals surface area contributed by atoms with Crippen molar-refractivity contribution in [1.29, 1.82) is 0 Å². The molecule has 0 aromatic carbocycles. The molecular weight excluding hydrogens is 373 g/mol. The predicted molar refractivity (Wildman–Crippen MR) is 94.6 cm³/mol. The van der Waals surface area contributed by atoms with Gasteiger partial charge >= 0.3 is 0 Å². The smallest absolute Gasteiger partial charge is 0.222 e. The van der Waals surface area contributed by atoms with Gasteiger partial charge in [0, 0.05) is 52.3 Å². The van der Waals surface area contributed by atoms with E-state index in [2.05, 4.69) is 25.7 Å². The minimum atomic E-state index is -0.372. The third-order valence-corrected chi connectivity index (χ3v) is 6.00. The fourth-order valence-electron chi connectivity index (χ4n) is 4.89. The van der Waals surface area contributed by atoms with Crippen molar-refractivity contribution >= 4 is 0 Å². The first-order chi connectivity index (χ1) is 11.0. The first kappa shape index (κ1) is 22.4. The fourth-order valence-corrected chi connectivity index (χ4v) is 4.89. The molecule has 2 nitrogen and oxygen atoms in total. The molecule has 0 bridgehead atoms. The van der Waals surface area contributed by atoms with Crippen LogP contribution in [0.4, 0.5) is 0 Å². The molecule has 0 heterocycles. The number of ether oxygens (including phenoxy) is 2. The van der Waals surface area contributed by atoms with Gasteiger partial charge in [-0.25, -0.2) is 0 Å². The molecule has 0 spiro atoms. The second-order valence-electron chi connectivity index (χ2n) is 7.42. The molecule has 0 aromatic rings. The van der Waals surface area contributed by atoms with Gasteiger partial charge in [-0.05, 0) is 62.2 Å². The molecule has 0 saturated heterocycles. The Balaban J connectivity index is 0.00000288. The molecule has 0 aliphatic heterocycles. The molecule has 2 fully saturated rings. The minimum Gasteiger partial charge on any atom is -0.514 e. The van der Waals surface area contributed by atoms with Crippen LogP contribution in [0, 0.1) is 41.6 Å². The average molecular weight is 406 g/mol. The van der Waals surface area contributed by atoms with Gasteiger partial charge in [-0.15, -0.1) is 0 Å². The van der Waals surface area contributed by atoms with Crippen LogP contribution >= 0.6 is 0 Å². The number of fused-ring (bicyclic) bond motifs is 1. The van der Waals surface area contributed by atoms with Crippen molar-refractivity contribution in [3.05, 3.63) is 12.2 Å². The standard InChI is InChI=1S/C21H33O2.Y/c1-6-22-20(23-7-2)12-8-10-16(3)18-13-14-19-17(4)11-9-15-21(18,19)5;/h4,16,18-20H,6-7,9-11,13-15H2,1-3,5H3;/q-1;/t16-,18-,19+,21-;/m1./s1. The second kappa shape index (κ2) is 10.5. The van der Waals surface area contributed by atoms with Gasteiger partial charge in [0.15, 0.2) is 0 Å². The Kier molecular flexibility index (Phi) is 9.75. The molecule has 0 unspecified atom stereocenters. The van der Waals surface area contributed by atoms with E-state index in [0.717, 1.165) is 18.8 Å². The molecule has 2 rings (SSSR count). The maximum Gasteiger partial charge on any atom is 0.222 e. The van der Waals surface area contributed by atoms with Gasteiger partial charge in [0.05, 0.1) is 0 Å². The van der Waals surface area contributed by atoms with Gasteiger partial charge in [0.25, 0.3) is 0 Å². The Morgan fingerprint density at radius 3 is 2.54 bits per heavy atom. The molecule has 4 atom stereocenters. The zero-order valence-corrected chi connectivity index (χ0v) is 18.8. The van der Waals surface area contributed by atoms with Crippen molar-refractivity contribution in [2.45, 2.75) is 72.5 Å². The number of allylic oxidation sites excluding steroid dienone is 1. The zero-order chi connectivity index (χ0) is 16.9. The maximum absolute atomic E-state index is 6.33. The average Bonchev–Trinajstić information content (AvgIpc) is 2.86. The van der Waals surface area contributed by atoms with E-state index in [1.807, 2.05) is 13.8 Å². The minimum absolute atomic E-state index is 0. The van der Waals surface area contributed by atoms with Crippen LogP contribution in [0.5, 0.6) is 0 Å². The predicted octanol–water partition coefficient (Wildman–Crippen LogP) is 4.99. The van der Waals surface area contributed by atoms with Gasteiger partial charge in [0.1, 0.15) is 0 Å². The van der Waals surface area contributed by atoms with E-state index in [-0.39, 0.29) is 39.0 Å². The molecule has 0 N–H and O–H groups in total. The summed E-state index contributed by atoms with van der Waals surface area (Å²) in [5.41, 5.74) is 1.65. The van der Waals surface area contributed by atoms with Crippen LogP contribution in [-0.2, 0) is 42.2 Å². The first-order valence-electron chi connectivity index (χ1n) is 9.35. The Morgan fingerprint density at radius 2 is 1.92 bits per heavy atom. The summed E-state index contributed by atoms with van der Waals surface area (Å²) in [7, 11) is 0. The third-order valence-electron chi connectivity index (χ3n) is 6.00. The van der Waals surface area contributed by atoms with Crippen LogP contribution in [-0.4, -0.2) is 19.5 Å². The van der Waals surface area contributed by atoms with E-state index < -0.39 is 0 Å². The quantitative estimate of drug-likeness (QED) is 0.352. The summed E-state index contributed by atoms with van der Waals surface area (Å²) in [6.07, 6.45) is 6.82. The molecule has 1 radical (unpaired) electrons. The summed E-state index contributed by atoms with van der Waals surface area (Å²) in [4.78, 5) is 0. The molecule has 24 heavy (non-hydrogen) atoms. The van der Waals surface area contributed by atoms with Crippen LogP contribution in [0.3, 0.4) is 0 Å². The van der Waals surface area contributed by atoms with E-state index in [0.29, 0.717) is 30.5 Å². The SMILES string of the molecule is [CH-]=C1CCC[C@]2(C)[C@@H]([C@H](C)CC#CC(OCC)OCC)CC[C@@H]12.[Y]. The molecule has 0 aromatic heterocycles. The first-order valence-corrected chi connectivity index (χ1v) is 9.35. The van der Waals surface area contributed by atoms with Gasteiger partial charge < -0.3 is 16.1 Å². The normalized spacial score (nSPS) is 30.3. The molecule has 0 amide bonds. The molecule has 2 aliphatic carbocycles. The molecule has 2 saturated carbocycles. The van der Waals surface area contributed by atoms with Crippen LogP contribution in [0.2, 0.25) is 0 Å². The summed E-state index contributed by atoms with van der Waals surface area (Å²) in [5.74, 6) is 8.44. The van der Waals surface area contributed by atoms with Crippen LogP contribution < -0.4 is 0 Å². The van der Waals surface area contributed by atoms with Gasteiger partial charge in [-0.1, -0.05) is 32.6 Å². The van der Waals surface area contributed by atoms with Crippen molar-refractivity contribution in [3.63, 3.8) is 0 Å². The topological polar surface area (TPSA) is 18.5 Å². The summed E-state index contributed by atoms with van der Waals surface area (Å²) >= 11 is 0. The third kappa shape index (κ3) is 5.17. The Morgan fingerprint density at radius 1 is 1.25 bits per heavy atom. The largest absolute Gasteiger partial charge is 0.514 e. The summed E-state index contributed by atoms with van der Waals surface area (Å²) in [6, 6.07) is 0. The van der Waals surface area contributed by atoms with Crippen molar-refractivity contribution in [3.8, 4) is 11.8 Å². The molecule has 2 aliphatic rings. The van der Waals surface area contributed by atoms with Crippen molar-refractivity contribution in [2.24, 2.45) is 23.2 Å². The summed E-state index contributed by atoms with van der Waals surface area (Å²) < 4.78 is 11.0.